The fourth-order valence-electron chi connectivity index (χ4n) is 0.960. The van der Waals surface area contributed by atoms with Gasteiger partial charge in [-0.15, -0.1) is 0 Å². The minimum absolute atomic E-state index is 0.715. The Labute approximate surface area is 76.0 Å². The number of carbonyl (C=O) groups excluding carboxylic acids is 1. The summed E-state index contributed by atoms with van der Waals surface area (Å²) in [6.45, 7) is 0. The lowest BCUT2D eigenvalue weighted by molar-refractivity contribution is -0.104. The van der Waals surface area contributed by atoms with Crippen LogP contribution in [0.25, 0.3) is 6.08 Å². The van der Waals surface area contributed by atoms with Gasteiger partial charge in [0.25, 0.3) is 0 Å². The molecule has 1 aromatic rings. The van der Waals surface area contributed by atoms with Gasteiger partial charge in [0.05, 0.1) is 6.21 Å². The molecule has 0 bridgehead atoms. The molecule has 0 amide bonds. The second-order valence-electron chi connectivity index (χ2n) is 2.41. The maximum absolute atomic E-state index is 10.0. The quantitative estimate of drug-likeness (QED) is 0.250. The van der Waals surface area contributed by atoms with E-state index < -0.39 is 0 Å². The molecule has 0 atom stereocenters. The Balaban J connectivity index is 2.91. The number of oxime groups is 1. The molecule has 0 unspecified atom stereocenters. The third-order valence-electron chi connectivity index (χ3n) is 1.48. The highest BCUT2D eigenvalue weighted by molar-refractivity contribution is 5.81. The number of benzene rings is 1. The van der Waals surface area contributed by atoms with E-state index >= 15 is 0 Å². The van der Waals surface area contributed by atoms with Crippen LogP contribution in [0, 0.1) is 0 Å². The van der Waals surface area contributed by atoms with E-state index in [0.29, 0.717) is 6.29 Å². The first-order valence-corrected chi connectivity index (χ1v) is 3.76. The van der Waals surface area contributed by atoms with Crippen molar-refractivity contribution in [3.63, 3.8) is 0 Å². The number of nitrogens with zero attached hydrogens (tertiary/aromatic N) is 1. The molecule has 3 nitrogen and oxygen atoms in total. The highest BCUT2D eigenvalue weighted by atomic mass is 16.4. The predicted molar refractivity (Wildman–Crippen MR) is 50.9 cm³/mol. The summed E-state index contributed by atoms with van der Waals surface area (Å²) in [7, 11) is 0. The van der Waals surface area contributed by atoms with Crippen LogP contribution in [-0.4, -0.2) is 17.7 Å². The molecule has 0 spiro atoms. The van der Waals surface area contributed by atoms with E-state index in [-0.39, 0.29) is 0 Å². The predicted octanol–water partition coefficient (Wildman–Crippen LogP) is 1.71. The van der Waals surface area contributed by atoms with Crippen LogP contribution in [-0.2, 0) is 4.79 Å². The summed E-state index contributed by atoms with van der Waals surface area (Å²) in [5.41, 5.74) is 1.68. The van der Waals surface area contributed by atoms with Gasteiger partial charge in [-0.2, -0.15) is 0 Å². The van der Waals surface area contributed by atoms with Crippen LogP contribution < -0.4 is 0 Å². The summed E-state index contributed by atoms with van der Waals surface area (Å²) in [4.78, 5) is 10.0. The van der Waals surface area contributed by atoms with E-state index in [4.69, 9.17) is 5.21 Å². The number of hydrogen-bond acceptors (Lipinski definition) is 3. The van der Waals surface area contributed by atoms with Crippen molar-refractivity contribution < 1.29 is 10.0 Å². The van der Waals surface area contributed by atoms with Crippen LogP contribution in [0.15, 0.2) is 35.5 Å². The molecular weight excluding hydrogens is 166 g/mol. The normalized spacial score (nSPS) is 11.1. The highest BCUT2D eigenvalue weighted by Gasteiger charge is 1.89. The molecule has 0 heterocycles. The molecule has 0 radical (unpaired) electrons. The van der Waals surface area contributed by atoms with Crippen molar-refractivity contribution in [2.24, 2.45) is 5.16 Å². The van der Waals surface area contributed by atoms with Gasteiger partial charge < -0.3 is 5.21 Å². The first-order valence-electron chi connectivity index (χ1n) is 3.76. The van der Waals surface area contributed by atoms with Gasteiger partial charge in [0.15, 0.2) is 0 Å². The van der Waals surface area contributed by atoms with Gasteiger partial charge in [0.1, 0.15) is 6.29 Å². The molecule has 13 heavy (non-hydrogen) atoms. The van der Waals surface area contributed by atoms with E-state index in [2.05, 4.69) is 5.16 Å². The molecule has 66 valence electrons. The smallest absolute Gasteiger partial charge is 0.142 e. The molecule has 1 N–H and O–H groups in total. The lowest BCUT2D eigenvalue weighted by atomic mass is 10.1. The van der Waals surface area contributed by atoms with E-state index in [1.807, 2.05) is 12.1 Å². The largest absolute Gasteiger partial charge is 0.411 e. The SMILES string of the molecule is O=CC=Cc1cccc(C=NO)c1. The Hall–Kier alpha value is -1.90. The third-order valence-corrected chi connectivity index (χ3v) is 1.48. The number of rotatable bonds is 3. The van der Waals surface area contributed by atoms with Crippen molar-refractivity contribution in [2.75, 3.05) is 0 Å². The molecule has 0 aliphatic carbocycles. The van der Waals surface area contributed by atoms with Gasteiger partial charge in [-0.25, -0.2) is 0 Å². The van der Waals surface area contributed by atoms with Gasteiger partial charge in [0.2, 0.25) is 0 Å². The summed E-state index contributed by atoms with van der Waals surface area (Å²) in [5.74, 6) is 0. The van der Waals surface area contributed by atoms with Crippen LogP contribution in [0.5, 0.6) is 0 Å². The summed E-state index contributed by atoms with van der Waals surface area (Å²) in [5, 5.41) is 11.2. The average Bonchev–Trinajstić information content (AvgIpc) is 2.16. The first kappa shape index (κ1) is 9.19. The monoisotopic (exact) mass is 175 g/mol. The molecule has 0 aliphatic heterocycles. The summed E-state index contributed by atoms with van der Waals surface area (Å²) >= 11 is 0. The minimum Gasteiger partial charge on any atom is -0.411 e. The molecular formula is C10H9NO2. The van der Waals surface area contributed by atoms with Crippen molar-refractivity contribution in [3.8, 4) is 0 Å². The van der Waals surface area contributed by atoms with Gasteiger partial charge >= 0.3 is 0 Å². The summed E-state index contributed by atoms with van der Waals surface area (Å²) in [6.07, 6.45) is 5.14. The number of carbonyl (C=O) groups is 1. The summed E-state index contributed by atoms with van der Waals surface area (Å²) in [6, 6.07) is 7.29. The van der Waals surface area contributed by atoms with E-state index in [1.54, 1.807) is 18.2 Å². The Bertz CT molecular complexity index is 343. The van der Waals surface area contributed by atoms with E-state index in [0.717, 1.165) is 11.1 Å². The molecule has 0 aromatic heterocycles. The van der Waals surface area contributed by atoms with Crippen LogP contribution in [0.1, 0.15) is 11.1 Å². The maximum Gasteiger partial charge on any atom is 0.142 e. The Morgan fingerprint density at radius 3 is 2.77 bits per heavy atom. The zero-order valence-corrected chi connectivity index (χ0v) is 6.92. The van der Waals surface area contributed by atoms with Crippen LogP contribution in [0.4, 0.5) is 0 Å². The highest BCUT2D eigenvalue weighted by Crippen LogP contribution is 2.04. The number of aldehydes is 1. The van der Waals surface area contributed by atoms with Gasteiger partial charge in [0, 0.05) is 0 Å². The fraction of sp³-hybridized carbons (Fsp3) is 0. The van der Waals surface area contributed by atoms with Gasteiger partial charge in [-0.05, 0) is 23.3 Å². The van der Waals surface area contributed by atoms with E-state index in [9.17, 15) is 4.79 Å². The molecule has 0 saturated heterocycles. The first-order chi connectivity index (χ1) is 6.36. The lowest BCUT2D eigenvalue weighted by Gasteiger charge is -1.93. The molecule has 0 saturated carbocycles. The Morgan fingerprint density at radius 1 is 1.31 bits per heavy atom. The van der Waals surface area contributed by atoms with Gasteiger partial charge in [-0.1, -0.05) is 29.4 Å². The summed E-state index contributed by atoms with van der Waals surface area (Å²) < 4.78 is 0. The standard InChI is InChI=1S/C10H9NO2/c12-6-2-5-9-3-1-4-10(7-9)8-11-13/h1-8,13H. The number of hydrogen-bond donors (Lipinski definition) is 1. The second kappa shape index (κ2) is 4.87. The zero-order valence-electron chi connectivity index (χ0n) is 6.92. The van der Waals surface area contributed by atoms with Crippen LogP contribution in [0.3, 0.4) is 0 Å². The van der Waals surface area contributed by atoms with Crippen LogP contribution >= 0.6 is 0 Å². The van der Waals surface area contributed by atoms with Crippen LogP contribution in [0.2, 0.25) is 0 Å². The molecule has 1 aromatic carbocycles. The van der Waals surface area contributed by atoms with Crippen molar-refractivity contribution >= 4 is 18.6 Å². The third kappa shape index (κ3) is 2.91. The van der Waals surface area contributed by atoms with Gasteiger partial charge in [-0.3, -0.25) is 4.79 Å². The topological polar surface area (TPSA) is 49.7 Å². The van der Waals surface area contributed by atoms with Crippen molar-refractivity contribution in [3.05, 3.63) is 41.5 Å². The van der Waals surface area contributed by atoms with Crippen molar-refractivity contribution in [2.45, 2.75) is 0 Å². The Morgan fingerprint density at radius 2 is 2.08 bits per heavy atom. The average molecular weight is 175 g/mol. The fourth-order valence-corrected chi connectivity index (χ4v) is 0.960. The van der Waals surface area contributed by atoms with Crippen molar-refractivity contribution in [1.29, 1.82) is 0 Å². The van der Waals surface area contributed by atoms with Crippen molar-refractivity contribution in [1.82, 2.24) is 0 Å². The zero-order chi connectivity index (χ0) is 9.52. The molecule has 0 fully saturated rings. The molecule has 0 aliphatic rings. The Kier molecular flexibility index (Phi) is 3.45. The number of allylic oxidation sites excluding steroid dienone is 1. The second-order valence-corrected chi connectivity index (χ2v) is 2.41. The minimum atomic E-state index is 0.715. The molecule has 1 rings (SSSR count). The lowest BCUT2D eigenvalue weighted by Crippen LogP contribution is -1.81. The maximum atomic E-state index is 10.0. The van der Waals surface area contributed by atoms with E-state index in [1.165, 1.54) is 12.3 Å². The molecule has 3 heteroatoms.